The quantitative estimate of drug-likeness (QED) is 0.798. The topological polar surface area (TPSA) is 21.3 Å². The Kier molecular flexibility index (Phi) is 6.15. The van der Waals surface area contributed by atoms with Gasteiger partial charge in [0.25, 0.3) is 0 Å². The molecule has 2 aromatic rings. The van der Waals surface area contributed by atoms with Gasteiger partial charge in [-0.2, -0.15) is 0 Å². The van der Waals surface area contributed by atoms with Gasteiger partial charge in [-0.25, -0.2) is 4.39 Å². The standard InChI is InChI=1S/C17H16Cl2FNO.ClH/c1-2-21-9-12-7-10-6-11(20)8-13(17(10)22-12)16-14(18)4-3-5-15(16)19;/h3-6,8,12,21H,2,7,9H2,1H3;1H/t12-;/m1./s1. The zero-order valence-electron chi connectivity index (χ0n) is 12.5. The molecule has 1 N–H and O–H groups in total. The van der Waals surface area contributed by atoms with Gasteiger partial charge in [-0.1, -0.05) is 36.2 Å². The molecule has 0 fully saturated rings. The predicted octanol–water partition coefficient (Wildman–Crippen LogP) is 5.13. The van der Waals surface area contributed by atoms with Gasteiger partial charge in [-0.15, -0.1) is 12.4 Å². The first kappa shape index (κ1) is 18.3. The Bertz CT molecular complexity index is 688. The molecule has 1 atom stereocenters. The van der Waals surface area contributed by atoms with E-state index in [2.05, 4.69) is 5.32 Å². The Morgan fingerprint density at radius 3 is 2.61 bits per heavy atom. The molecule has 0 bridgehead atoms. The van der Waals surface area contributed by atoms with Crippen molar-refractivity contribution in [3.05, 3.63) is 51.8 Å². The van der Waals surface area contributed by atoms with Crippen LogP contribution >= 0.6 is 35.6 Å². The average molecular weight is 377 g/mol. The van der Waals surface area contributed by atoms with Crippen LogP contribution in [0.4, 0.5) is 4.39 Å². The van der Waals surface area contributed by atoms with Crippen molar-refractivity contribution >= 4 is 35.6 Å². The summed E-state index contributed by atoms with van der Waals surface area (Å²) in [5.74, 6) is 0.372. The number of ether oxygens (including phenoxy) is 1. The van der Waals surface area contributed by atoms with Gasteiger partial charge in [0.15, 0.2) is 0 Å². The Balaban J connectivity index is 0.00000192. The summed E-state index contributed by atoms with van der Waals surface area (Å²) in [6, 6.07) is 8.20. The lowest BCUT2D eigenvalue weighted by Crippen LogP contribution is -2.29. The molecule has 0 amide bonds. The van der Waals surface area contributed by atoms with Crippen molar-refractivity contribution in [3.63, 3.8) is 0 Å². The maximum absolute atomic E-state index is 14.0. The second-order valence-electron chi connectivity index (χ2n) is 5.29. The van der Waals surface area contributed by atoms with Crippen LogP contribution < -0.4 is 10.1 Å². The Morgan fingerprint density at radius 1 is 1.26 bits per heavy atom. The van der Waals surface area contributed by atoms with E-state index in [1.807, 2.05) is 6.92 Å². The van der Waals surface area contributed by atoms with Gasteiger partial charge in [0, 0.05) is 29.7 Å². The molecule has 0 unspecified atom stereocenters. The highest BCUT2D eigenvalue weighted by Gasteiger charge is 2.28. The number of rotatable bonds is 4. The SMILES string of the molecule is CCNC[C@H]1Cc2cc(F)cc(-c3c(Cl)cccc3Cl)c2O1.Cl. The second kappa shape index (κ2) is 7.71. The fourth-order valence-electron chi connectivity index (χ4n) is 2.75. The van der Waals surface area contributed by atoms with E-state index < -0.39 is 0 Å². The van der Waals surface area contributed by atoms with E-state index in [-0.39, 0.29) is 24.3 Å². The van der Waals surface area contributed by atoms with Crippen molar-refractivity contribution in [2.24, 2.45) is 0 Å². The summed E-state index contributed by atoms with van der Waals surface area (Å²) in [4.78, 5) is 0. The summed E-state index contributed by atoms with van der Waals surface area (Å²) in [5.41, 5.74) is 2.09. The summed E-state index contributed by atoms with van der Waals surface area (Å²) in [5, 5.41) is 4.22. The predicted molar refractivity (Wildman–Crippen MR) is 95.8 cm³/mol. The number of benzene rings is 2. The second-order valence-corrected chi connectivity index (χ2v) is 6.10. The molecule has 0 aromatic heterocycles. The molecule has 0 radical (unpaired) electrons. The maximum Gasteiger partial charge on any atom is 0.131 e. The molecule has 2 aromatic carbocycles. The Labute approximate surface area is 151 Å². The highest BCUT2D eigenvalue weighted by atomic mass is 35.5. The van der Waals surface area contributed by atoms with Gasteiger partial charge in [0.2, 0.25) is 0 Å². The van der Waals surface area contributed by atoms with E-state index in [0.29, 0.717) is 33.3 Å². The smallest absolute Gasteiger partial charge is 0.131 e. The van der Waals surface area contributed by atoms with Gasteiger partial charge in [-0.05, 0) is 30.8 Å². The van der Waals surface area contributed by atoms with Crippen molar-refractivity contribution in [1.29, 1.82) is 0 Å². The monoisotopic (exact) mass is 375 g/mol. The molecular formula is C17H17Cl3FNO. The fraction of sp³-hybridized carbons (Fsp3) is 0.294. The maximum atomic E-state index is 14.0. The molecule has 1 heterocycles. The molecule has 23 heavy (non-hydrogen) atoms. The summed E-state index contributed by atoms with van der Waals surface area (Å²) in [6.07, 6.45) is 0.673. The molecule has 3 rings (SSSR count). The molecular weight excluding hydrogens is 360 g/mol. The van der Waals surface area contributed by atoms with Crippen LogP contribution in [0.3, 0.4) is 0 Å². The van der Waals surface area contributed by atoms with Crippen molar-refractivity contribution < 1.29 is 9.13 Å². The van der Waals surface area contributed by atoms with Crippen LogP contribution in [0.15, 0.2) is 30.3 Å². The van der Waals surface area contributed by atoms with Crippen LogP contribution in [0, 0.1) is 5.82 Å². The molecule has 0 aliphatic carbocycles. The van der Waals surface area contributed by atoms with Crippen LogP contribution in [-0.4, -0.2) is 19.2 Å². The summed E-state index contributed by atoms with van der Waals surface area (Å²) >= 11 is 12.5. The minimum atomic E-state index is -0.308. The van der Waals surface area contributed by atoms with Crippen LogP contribution in [0.1, 0.15) is 12.5 Å². The molecule has 6 heteroatoms. The Morgan fingerprint density at radius 2 is 1.96 bits per heavy atom. The van der Waals surface area contributed by atoms with E-state index in [1.165, 1.54) is 12.1 Å². The van der Waals surface area contributed by atoms with Crippen molar-refractivity contribution in [2.45, 2.75) is 19.4 Å². The van der Waals surface area contributed by atoms with Gasteiger partial charge in [-0.3, -0.25) is 0 Å². The third-order valence-electron chi connectivity index (χ3n) is 3.72. The largest absolute Gasteiger partial charge is 0.488 e. The van der Waals surface area contributed by atoms with Crippen LogP contribution in [0.25, 0.3) is 11.1 Å². The highest BCUT2D eigenvalue weighted by Crippen LogP contribution is 2.44. The molecule has 2 nitrogen and oxygen atoms in total. The minimum absolute atomic E-state index is 0. The number of hydrogen-bond acceptors (Lipinski definition) is 2. The van der Waals surface area contributed by atoms with E-state index >= 15 is 0 Å². The van der Waals surface area contributed by atoms with E-state index in [4.69, 9.17) is 27.9 Å². The lowest BCUT2D eigenvalue weighted by Gasteiger charge is -2.14. The number of fused-ring (bicyclic) bond motifs is 1. The first-order valence-corrected chi connectivity index (χ1v) is 8.00. The van der Waals surface area contributed by atoms with Crippen LogP contribution in [0.5, 0.6) is 5.75 Å². The summed E-state index contributed by atoms with van der Waals surface area (Å²) < 4.78 is 20.0. The number of halogens is 4. The molecule has 0 spiro atoms. The zero-order valence-corrected chi connectivity index (χ0v) is 14.9. The third kappa shape index (κ3) is 3.74. The molecule has 0 saturated heterocycles. The minimum Gasteiger partial charge on any atom is -0.488 e. The number of nitrogens with one attached hydrogen (secondary N) is 1. The molecule has 0 saturated carbocycles. The van der Waals surface area contributed by atoms with E-state index in [9.17, 15) is 4.39 Å². The zero-order chi connectivity index (χ0) is 15.7. The molecule has 124 valence electrons. The molecule has 1 aliphatic heterocycles. The highest BCUT2D eigenvalue weighted by molar-refractivity contribution is 6.39. The van der Waals surface area contributed by atoms with Gasteiger partial charge in [0.1, 0.15) is 17.7 Å². The Hall–Kier alpha value is -1.000. The summed E-state index contributed by atoms with van der Waals surface area (Å²) in [6.45, 7) is 3.63. The lowest BCUT2D eigenvalue weighted by atomic mass is 10.00. The molecule has 1 aliphatic rings. The van der Waals surface area contributed by atoms with Crippen LogP contribution in [0.2, 0.25) is 10.0 Å². The fourth-order valence-corrected chi connectivity index (χ4v) is 3.36. The van der Waals surface area contributed by atoms with Gasteiger partial charge >= 0.3 is 0 Å². The van der Waals surface area contributed by atoms with Crippen molar-refractivity contribution in [3.8, 4) is 16.9 Å². The normalized spacial score (nSPS) is 15.7. The van der Waals surface area contributed by atoms with Crippen molar-refractivity contribution in [1.82, 2.24) is 5.32 Å². The first-order chi connectivity index (χ1) is 10.6. The average Bonchev–Trinajstić information content (AvgIpc) is 2.87. The first-order valence-electron chi connectivity index (χ1n) is 7.24. The van der Waals surface area contributed by atoms with Gasteiger partial charge in [0.05, 0.1) is 10.0 Å². The third-order valence-corrected chi connectivity index (χ3v) is 4.35. The van der Waals surface area contributed by atoms with Gasteiger partial charge < -0.3 is 10.1 Å². The van der Waals surface area contributed by atoms with E-state index in [0.717, 1.165) is 18.7 Å². The number of likely N-dealkylation sites (N-methyl/N-ethyl adjacent to an activating group) is 1. The lowest BCUT2D eigenvalue weighted by molar-refractivity contribution is 0.229. The number of hydrogen-bond donors (Lipinski definition) is 1. The van der Waals surface area contributed by atoms with Crippen LogP contribution in [-0.2, 0) is 6.42 Å². The summed E-state index contributed by atoms with van der Waals surface area (Å²) in [7, 11) is 0. The van der Waals surface area contributed by atoms with Crippen molar-refractivity contribution in [2.75, 3.05) is 13.1 Å². The van der Waals surface area contributed by atoms with E-state index in [1.54, 1.807) is 18.2 Å².